The van der Waals surface area contributed by atoms with Crippen LogP contribution in [-0.2, 0) is 16.1 Å². The van der Waals surface area contributed by atoms with Crippen LogP contribution in [0.4, 0.5) is 0 Å². The predicted octanol–water partition coefficient (Wildman–Crippen LogP) is 7.11. The third-order valence-corrected chi connectivity index (χ3v) is 6.06. The van der Waals surface area contributed by atoms with E-state index in [1.807, 2.05) is 0 Å². The Morgan fingerprint density at radius 2 is 1.39 bits per heavy atom. The molecule has 188 valence electrons. The van der Waals surface area contributed by atoms with Crippen LogP contribution < -0.4 is 0 Å². The lowest BCUT2D eigenvalue weighted by Crippen LogP contribution is -2.24. The zero-order valence-electron chi connectivity index (χ0n) is 21.1. The van der Waals surface area contributed by atoms with Gasteiger partial charge in [0.25, 0.3) is 0 Å². The van der Waals surface area contributed by atoms with Crippen LogP contribution in [0.2, 0.25) is 0 Å². The highest BCUT2D eigenvalue weighted by Gasteiger charge is 2.09. The van der Waals surface area contributed by atoms with E-state index in [1.165, 1.54) is 103 Å². The summed E-state index contributed by atoms with van der Waals surface area (Å²) in [6.45, 7) is 3.62. The molecule has 0 aliphatic rings. The summed E-state index contributed by atoms with van der Waals surface area (Å²) in [5.74, 6) is 0. The van der Waals surface area contributed by atoms with Crippen molar-refractivity contribution in [3.05, 3.63) is 29.6 Å². The number of aliphatic hydroxyl groups is 1. The molecule has 5 heteroatoms. The number of pyridine rings is 1. The van der Waals surface area contributed by atoms with E-state index in [0.29, 0.717) is 25.4 Å². The summed E-state index contributed by atoms with van der Waals surface area (Å²) in [5, 5.41) is 18.4. The molecule has 0 aliphatic carbocycles. The fourth-order valence-corrected chi connectivity index (χ4v) is 3.96. The maximum atomic E-state index is 9.48. The fraction of sp³-hybridized carbons (Fsp3) is 0.786. The molecule has 0 amide bonds. The van der Waals surface area contributed by atoms with Gasteiger partial charge in [-0.3, -0.25) is 4.98 Å². The summed E-state index contributed by atoms with van der Waals surface area (Å²) in [7, 11) is 0. The molecular weight excluding hydrogens is 412 g/mol. The van der Waals surface area contributed by atoms with Gasteiger partial charge in [-0.25, -0.2) is 0 Å². The minimum atomic E-state index is -0.350. The Kier molecular flexibility index (Phi) is 20.0. The lowest BCUT2D eigenvalue weighted by molar-refractivity contribution is -0.0503. The Morgan fingerprint density at radius 1 is 0.848 bits per heavy atom. The molecule has 0 saturated carbocycles. The van der Waals surface area contributed by atoms with Gasteiger partial charge >= 0.3 is 0 Å². The van der Waals surface area contributed by atoms with Crippen LogP contribution in [0.1, 0.15) is 121 Å². The first-order chi connectivity index (χ1) is 16.3. The van der Waals surface area contributed by atoms with Gasteiger partial charge in [0.05, 0.1) is 25.4 Å². The van der Waals surface area contributed by atoms with E-state index in [9.17, 15) is 5.11 Å². The number of aromatic nitrogens is 1. The lowest BCUT2D eigenvalue weighted by atomic mass is 10.0. The number of nitrogens with zero attached hydrogens (tertiary/aromatic N) is 2. The molecule has 5 nitrogen and oxygen atoms in total. The molecule has 1 heterocycles. The van der Waals surface area contributed by atoms with Crippen LogP contribution >= 0.6 is 0 Å². The van der Waals surface area contributed by atoms with Gasteiger partial charge in [0.1, 0.15) is 12.2 Å². The zero-order valence-corrected chi connectivity index (χ0v) is 21.1. The summed E-state index contributed by atoms with van der Waals surface area (Å²) in [4.78, 5) is 4.02. The molecule has 0 spiro atoms. The first kappa shape index (κ1) is 29.6. The average Bonchev–Trinajstić information content (AvgIpc) is 2.85. The van der Waals surface area contributed by atoms with Crippen LogP contribution in [0.25, 0.3) is 0 Å². The first-order valence-corrected chi connectivity index (χ1v) is 13.4. The van der Waals surface area contributed by atoms with Crippen LogP contribution in [0.3, 0.4) is 0 Å². The highest BCUT2D eigenvalue weighted by atomic mass is 16.5. The molecule has 1 rings (SSSR count). The Hall–Kier alpha value is -1.48. The van der Waals surface area contributed by atoms with E-state index in [-0.39, 0.29) is 12.7 Å². The van der Waals surface area contributed by atoms with E-state index < -0.39 is 0 Å². The largest absolute Gasteiger partial charge is 0.394 e. The molecule has 0 aromatic carbocycles. The van der Waals surface area contributed by atoms with Gasteiger partial charge < -0.3 is 14.6 Å². The minimum Gasteiger partial charge on any atom is -0.394 e. The van der Waals surface area contributed by atoms with Crippen molar-refractivity contribution in [3.8, 4) is 6.07 Å². The number of nitriles is 1. The molecule has 0 bridgehead atoms. The quantitative estimate of drug-likeness (QED) is 0.176. The maximum Gasteiger partial charge on any atom is 0.104 e. The molecule has 33 heavy (non-hydrogen) atoms. The molecular formula is C28H48N2O3. The van der Waals surface area contributed by atoms with Gasteiger partial charge in [-0.05, 0) is 18.1 Å². The number of rotatable bonds is 23. The molecule has 0 radical (unpaired) electrons. The third-order valence-electron chi connectivity index (χ3n) is 6.06. The van der Waals surface area contributed by atoms with Crippen molar-refractivity contribution in [1.82, 2.24) is 4.98 Å². The zero-order chi connectivity index (χ0) is 23.8. The number of unbranched alkanes of at least 4 members (excludes halogenated alkanes) is 15. The SMILES string of the molecule is CCCCCCCCCCCCCCCCCCOCC(CO)OCc1cncc(C#N)c1. The molecule has 0 fully saturated rings. The van der Waals surface area contributed by atoms with Crippen LogP contribution in [0, 0.1) is 11.3 Å². The predicted molar refractivity (Wildman–Crippen MR) is 135 cm³/mol. The summed E-state index contributed by atoms with van der Waals surface area (Å²) < 4.78 is 11.4. The minimum absolute atomic E-state index is 0.0790. The molecule has 1 atom stereocenters. The third kappa shape index (κ3) is 17.6. The average molecular weight is 461 g/mol. The van der Waals surface area contributed by atoms with Gasteiger partial charge in [0.2, 0.25) is 0 Å². The Labute approximate surface area is 202 Å². The van der Waals surface area contributed by atoms with Crippen molar-refractivity contribution in [1.29, 1.82) is 5.26 Å². The van der Waals surface area contributed by atoms with Gasteiger partial charge in [-0.15, -0.1) is 0 Å². The maximum absolute atomic E-state index is 9.48. The number of ether oxygens (including phenoxy) is 2. The second-order valence-electron chi connectivity index (χ2n) is 9.19. The fourth-order valence-electron chi connectivity index (χ4n) is 3.96. The highest BCUT2D eigenvalue weighted by molar-refractivity contribution is 5.28. The van der Waals surface area contributed by atoms with E-state index >= 15 is 0 Å². The van der Waals surface area contributed by atoms with E-state index in [4.69, 9.17) is 14.7 Å². The standard InChI is InChI=1S/C28H48N2O3/c1-2-3-4-5-6-7-8-9-10-11-12-13-14-15-16-17-18-32-25-28(23-31)33-24-27-19-26(20-29)21-30-22-27/h19,21-22,28,31H,2-18,23-25H2,1H3. The highest BCUT2D eigenvalue weighted by Crippen LogP contribution is 2.14. The molecule has 1 N–H and O–H groups in total. The Bertz CT molecular complexity index is 603. The van der Waals surface area contributed by atoms with Gasteiger partial charge in [-0.1, -0.05) is 103 Å². The number of hydrogen-bond donors (Lipinski definition) is 1. The van der Waals surface area contributed by atoms with E-state index in [2.05, 4.69) is 18.0 Å². The molecule has 0 aliphatic heterocycles. The summed E-state index contributed by atoms with van der Waals surface area (Å²) >= 11 is 0. The van der Waals surface area contributed by atoms with Gasteiger partial charge in [-0.2, -0.15) is 5.26 Å². The van der Waals surface area contributed by atoms with Gasteiger partial charge in [0, 0.05) is 19.0 Å². The van der Waals surface area contributed by atoms with Crippen molar-refractivity contribution >= 4 is 0 Å². The molecule has 1 unspecified atom stereocenters. The van der Waals surface area contributed by atoms with Crippen molar-refractivity contribution in [3.63, 3.8) is 0 Å². The smallest absolute Gasteiger partial charge is 0.104 e. The van der Waals surface area contributed by atoms with Crippen molar-refractivity contribution in [2.24, 2.45) is 0 Å². The van der Waals surface area contributed by atoms with Crippen molar-refractivity contribution < 1.29 is 14.6 Å². The van der Waals surface area contributed by atoms with Crippen LogP contribution in [0.15, 0.2) is 18.5 Å². The monoisotopic (exact) mass is 460 g/mol. The molecule has 1 aromatic rings. The Balaban J connectivity index is 1.85. The summed E-state index contributed by atoms with van der Waals surface area (Å²) in [6, 6.07) is 3.81. The van der Waals surface area contributed by atoms with Crippen LogP contribution in [0.5, 0.6) is 0 Å². The second-order valence-corrected chi connectivity index (χ2v) is 9.19. The number of aliphatic hydroxyl groups excluding tert-OH is 1. The summed E-state index contributed by atoms with van der Waals surface area (Å²) in [6.07, 6.45) is 24.6. The summed E-state index contributed by atoms with van der Waals surface area (Å²) in [5.41, 5.74) is 1.33. The Morgan fingerprint density at radius 3 is 1.91 bits per heavy atom. The first-order valence-electron chi connectivity index (χ1n) is 13.4. The van der Waals surface area contributed by atoms with E-state index in [1.54, 1.807) is 12.3 Å². The lowest BCUT2D eigenvalue weighted by Gasteiger charge is -2.15. The number of hydrogen-bond acceptors (Lipinski definition) is 5. The normalized spacial score (nSPS) is 12.0. The van der Waals surface area contributed by atoms with Crippen molar-refractivity contribution in [2.75, 3.05) is 19.8 Å². The van der Waals surface area contributed by atoms with Crippen LogP contribution in [-0.4, -0.2) is 36.0 Å². The van der Waals surface area contributed by atoms with Gasteiger partial charge in [0.15, 0.2) is 0 Å². The van der Waals surface area contributed by atoms with E-state index in [0.717, 1.165) is 12.0 Å². The molecule has 0 saturated heterocycles. The topological polar surface area (TPSA) is 75.4 Å². The molecule has 1 aromatic heterocycles. The second kappa shape index (κ2) is 22.3. The van der Waals surface area contributed by atoms with Crippen molar-refractivity contribution in [2.45, 2.75) is 122 Å².